The molecule has 1 saturated heterocycles. The maximum atomic E-state index is 12.2. The van der Waals surface area contributed by atoms with Crippen LogP contribution in [0.15, 0.2) is 17.2 Å². The molecule has 1 fully saturated rings. The maximum Gasteiger partial charge on any atom is 0.416 e. The number of halogens is 3. The third-order valence-corrected chi connectivity index (χ3v) is 5.23. The Bertz CT molecular complexity index is 781. The van der Waals surface area contributed by atoms with E-state index in [0.717, 1.165) is 18.7 Å². The molecule has 0 bridgehead atoms. The average Bonchev–Trinajstić information content (AvgIpc) is 3.10. The molecule has 2 atom stereocenters. The van der Waals surface area contributed by atoms with E-state index in [1.54, 1.807) is 0 Å². The fourth-order valence-electron chi connectivity index (χ4n) is 2.24. The molecule has 2 heterocycles. The van der Waals surface area contributed by atoms with Gasteiger partial charge < -0.3 is 20.9 Å². The van der Waals surface area contributed by atoms with E-state index in [-0.39, 0.29) is 23.0 Å². The van der Waals surface area contributed by atoms with E-state index < -0.39 is 40.4 Å². The summed E-state index contributed by atoms with van der Waals surface area (Å²) in [4.78, 5) is 15.2. The molecule has 0 aliphatic carbocycles. The molecular weight excluding hydrogens is 393 g/mol. The topological polar surface area (TPSA) is 144 Å². The molecule has 5 N–H and O–H groups in total. The van der Waals surface area contributed by atoms with Crippen LogP contribution in [0.25, 0.3) is 0 Å². The zero-order chi connectivity index (χ0) is 20.2. The summed E-state index contributed by atoms with van der Waals surface area (Å²) in [6, 6.07) is 0.982. The number of amides is 1. The fourth-order valence-corrected chi connectivity index (χ4v) is 3.34. The Morgan fingerprint density at radius 1 is 1.48 bits per heavy atom. The fraction of sp³-hybridized carbons (Fsp3) is 0.571. The first kappa shape index (κ1) is 21.3. The van der Waals surface area contributed by atoms with Crippen LogP contribution in [-0.4, -0.2) is 63.0 Å². The summed E-state index contributed by atoms with van der Waals surface area (Å²) < 4.78 is 68.7. The molecule has 0 radical (unpaired) electrons. The minimum absolute atomic E-state index is 0.0511. The second-order valence-corrected chi connectivity index (χ2v) is 7.72. The molecule has 1 aliphatic heterocycles. The van der Waals surface area contributed by atoms with Crippen LogP contribution < -0.4 is 15.8 Å². The Balaban J connectivity index is 2.02. The third kappa shape index (κ3) is 5.76. The van der Waals surface area contributed by atoms with Crippen molar-refractivity contribution in [1.82, 2.24) is 15.0 Å². The standard InChI is InChI=1S/C14H19F3N4O5S/c15-14(16,17)11(22)6-20-13(23)12-10(18)3-9(5-19-12)27(24,25)21-4-8-1-2-26-7-8/h3,5,8,11,21-22H,1-2,4,6-7,18H2,(H,20,23)/t8-,11?/m1/s1. The van der Waals surface area contributed by atoms with Gasteiger partial charge in [-0.3, -0.25) is 4.79 Å². The Morgan fingerprint density at radius 2 is 2.19 bits per heavy atom. The molecule has 2 rings (SSSR count). The predicted molar refractivity (Wildman–Crippen MR) is 87.2 cm³/mol. The van der Waals surface area contributed by atoms with Crippen molar-refractivity contribution >= 4 is 21.6 Å². The molecule has 1 aromatic rings. The number of pyridine rings is 1. The van der Waals surface area contributed by atoms with Gasteiger partial charge >= 0.3 is 6.18 Å². The summed E-state index contributed by atoms with van der Waals surface area (Å²) in [5.74, 6) is -1.02. The number of nitrogens with zero attached hydrogens (tertiary/aromatic N) is 1. The number of hydrogen-bond donors (Lipinski definition) is 4. The number of carbonyl (C=O) groups is 1. The van der Waals surface area contributed by atoms with Crippen LogP contribution in [0.3, 0.4) is 0 Å². The highest BCUT2D eigenvalue weighted by molar-refractivity contribution is 7.89. The number of rotatable bonds is 7. The quantitative estimate of drug-likeness (QED) is 0.478. The molecular formula is C14H19F3N4O5S. The molecule has 0 saturated carbocycles. The smallest absolute Gasteiger partial charge is 0.397 e. The summed E-state index contributed by atoms with van der Waals surface area (Å²) in [5, 5.41) is 10.7. The molecule has 1 aliphatic rings. The minimum atomic E-state index is -4.89. The van der Waals surface area contributed by atoms with Crippen LogP contribution in [0.2, 0.25) is 0 Å². The Morgan fingerprint density at radius 3 is 2.74 bits per heavy atom. The number of anilines is 1. The van der Waals surface area contributed by atoms with Gasteiger partial charge in [0.05, 0.1) is 18.8 Å². The van der Waals surface area contributed by atoms with Gasteiger partial charge in [0.25, 0.3) is 5.91 Å². The molecule has 152 valence electrons. The third-order valence-electron chi connectivity index (χ3n) is 3.84. The highest BCUT2D eigenvalue weighted by atomic mass is 32.2. The van der Waals surface area contributed by atoms with Crippen LogP contribution in [0.4, 0.5) is 18.9 Å². The van der Waals surface area contributed by atoms with Gasteiger partial charge in [-0.2, -0.15) is 13.2 Å². The molecule has 9 nitrogen and oxygen atoms in total. The van der Waals surface area contributed by atoms with E-state index >= 15 is 0 Å². The first-order valence-electron chi connectivity index (χ1n) is 7.86. The summed E-state index contributed by atoms with van der Waals surface area (Å²) in [7, 11) is -3.93. The number of alkyl halides is 3. The van der Waals surface area contributed by atoms with Gasteiger partial charge in [0, 0.05) is 19.3 Å². The molecule has 0 aromatic carbocycles. The lowest BCUT2D eigenvalue weighted by Gasteiger charge is -2.15. The number of nitrogens with two attached hydrogens (primary N) is 1. The zero-order valence-electron chi connectivity index (χ0n) is 14.0. The Kier molecular flexibility index (Phi) is 6.62. The first-order valence-corrected chi connectivity index (χ1v) is 9.35. The molecule has 1 unspecified atom stereocenters. The Labute approximate surface area is 153 Å². The van der Waals surface area contributed by atoms with E-state index in [4.69, 9.17) is 15.6 Å². The van der Waals surface area contributed by atoms with E-state index in [9.17, 15) is 26.4 Å². The van der Waals surface area contributed by atoms with Gasteiger partial charge in [0.1, 0.15) is 4.90 Å². The van der Waals surface area contributed by atoms with Crippen LogP contribution in [0, 0.1) is 5.92 Å². The largest absolute Gasteiger partial charge is 0.416 e. The summed E-state index contributed by atoms with van der Waals surface area (Å²) in [6.45, 7) is 0.0911. The number of nitrogens with one attached hydrogen (secondary N) is 2. The molecule has 27 heavy (non-hydrogen) atoms. The maximum absolute atomic E-state index is 12.2. The van der Waals surface area contributed by atoms with Crippen molar-refractivity contribution in [2.75, 3.05) is 32.0 Å². The van der Waals surface area contributed by atoms with Crippen LogP contribution in [-0.2, 0) is 14.8 Å². The number of ether oxygens (including phenoxy) is 1. The highest BCUT2D eigenvalue weighted by Gasteiger charge is 2.38. The van der Waals surface area contributed by atoms with Crippen molar-refractivity contribution in [3.63, 3.8) is 0 Å². The molecule has 1 amide bonds. The zero-order valence-corrected chi connectivity index (χ0v) is 14.8. The normalized spacial score (nSPS) is 19.0. The summed E-state index contributed by atoms with van der Waals surface area (Å²) in [5.41, 5.74) is 4.83. The van der Waals surface area contributed by atoms with Crippen LogP contribution in [0.1, 0.15) is 16.9 Å². The second kappa shape index (κ2) is 8.37. The second-order valence-electron chi connectivity index (χ2n) is 5.96. The number of carbonyl (C=O) groups excluding carboxylic acids is 1. The number of nitrogen functional groups attached to an aromatic ring is 1. The van der Waals surface area contributed by atoms with E-state index in [1.807, 2.05) is 5.32 Å². The molecule has 1 aromatic heterocycles. The van der Waals surface area contributed by atoms with E-state index in [1.165, 1.54) is 0 Å². The Hall–Kier alpha value is -1.96. The number of sulfonamides is 1. The minimum Gasteiger partial charge on any atom is -0.397 e. The van der Waals surface area contributed by atoms with Crippen molar-refractivity contribution in [1.29, 1.82) is 0 Å². The van der Waals surface area contributed by atoms with Crippen LogP contribution >= 0.6 is 0 Å². The van der Waals surface area contributed by atoms with Crippen LogP contribution in [0.5, 0.6) is 0 Å². The van der Waals surface area contributed by atoms with E-state index in [0.29, 0.717) is 13.2 Å². The SMILES string of the molecule is Nc1cc(S(=O)(=O)NC[C@H]2CCOC2)cnc1C(=O)NCC(O)C(F)(F)F. The predicted octanol–water partition coefficient (Wildman–Crippen LogP) is -0.368. The van der Waals surface area contributed by atoms with Crippen molar-refractivity contribution in [3.05, 3.63) is 18.0 Å². The number of aliphatic hydroxyl groups excluding tert-OH is 1. The summed E-state index contributed by atoms with van der Waals surface area (Å²) >= 11 is 0. The van der Waals surface area contributed by atoms with Gasteiger partial charge in [-0.15, -0.1) is 0 Å². The van der Waals surface area contributed by atoms with Gasteiger partial charge in [-0.25, -0.2) is 18.1 Å². The number of hydrogen-bond acceptors (Lipinski definition) is 7. The first-order chi connectivity index (χ1) is 12.5. The average molecular weight is 412 g/mol. The van der Waals surface area contributed by atoms with Crippen molar-refractivity contribution in [2.45, 2.75) is 23.6 Å². The van der Waals surface area contributed by atoms with Gasteiger partial charge in [0.2, 0.25) is 10.0 Å². The number of aromatic nitrogens is 1. The van der Waals surface area contributed by atoms with Crippen molar-refractivity contribution in [3.8, 4) is 0 Å². The molecule has 0 spiro atoms. The summed E-state index contributed by atoms with van der Waals surface area (Å²) in [6.07, 6.45) is -6.03. The lowest BCUT2D eigenvalue weighted by Crippen LogP contribution is -2.41. The number of aliphatic hydroxyl groups is 1. The van der Waals surface area contributed by atoms with Gasteiger partial charge in [-0.1, -0.05) is 0 Å². The molecule has 13 heteroatoms. The van der Waals surface area contributed by atoms with Crippen molar-refractivity contribution in [2.24, 2.45) is 5.92 Å². The lowest BCUT2D eigenvalue weighted by molar-refractivity contribution is -0.201. The highest BCUT2D eigenvalue weighted by Crippen LogP contribution is 2.20. The lowest BCUT2D eigenvalue weighted by atomic mass is 10.1. The van der Waals surface area contributed by atoms with E-state index in [2.05, 4.69) is 9.71 Å². The van der Waals surface area contributed by atoms with Gasteiger partial charge in [0.15, 0.2) is 11.8 Å². The van der Waals surface area contributed by atoms with Gasteiger partial charge in [-0.05, 0) is 18.4 Å². The monoisotopic (exact) mass is 412 g/mol. The van der Waals surface area contributed by atoms with Crippen molar-refractivity contribution < 1.29 is 36.2 Å².